The van der Waals surface area contributed by atoms with Crippen molar-refractivity contribution < 1.29 is 17.2 Å². The summed E-state index contributed by atoms with van der Waals surface area (Å²) in [6.07, 6.45) is 1.56. The molecule has 0 fully saturated rings. The number of rotatable bonds is 9. The number of amidine groups is 1. The Bertz CT molecular complexity index is 1440. The molecule has 0 aliphatic heterocycles. The fourth-order valence-corrected chi connectivity index (χ4v) is 4.56. The molecular formula is C24H28F2N8O2S. The third-order valence-electron chi connectivity index (χ3n) is 5.51. The Labute approximate surface area is 214 Å². The van der Waals surface area contributed by atoms with Crippen LogP contribution in [0, 0.1) is 17.6 Å². The first-order chi connectivity index (χ1) is 17.5. The van der Waals surface area contributed by atoms with Gasteiger partial charge in [0, 0.05) is 19.2 Å². The van der Waals surface area contributed by atoms with Crippen molar-refractivity contribution in [2.24, 2.45) is 15.9 Å². The summed E-state index contributed by atoms with van der Waals surface area (Å²) in [5, 5.41) is 9.71. The van der Waals surface area contributed by atoms with E-state index in [1.807, 2.05) is 13.8 Å². The number of hydrogen-bond acceptors (Lipinski definition) is 7. The Kier molecular flexibility index (Phi) is 8.48. The van der Waals surface area contributed by atoms with Crippen molar-refractivity contribution in [3.63, 3.8) is 0 Å². The number of nitrogens with zero attached hydrogens (tertiary/aromatic N) is 6. The number of sulfonamides is 1. The van der Waals surface area contributed by atoms with Gasteiger partial charge in [-0.25, -0.2) is 32.2 Å². The molecule has 3 aromatic rings. The highest BCUT2D eigenvalue weighted by Gasteiger charge is 2.32. The van der Waals surface area contributed by atoms with Crippen LogP contribution in [0.3, 0.4) is 0 Å². The largest absolute Gasteiger partial charge is 0.373 e. The quantitative estimate of drug-likeness (QED) is 0.311. The Morgan fingerprint density at radius 2 is 1.76 bits per heavy atom. The van der Waals surface area contributed by atoms with Gasteiger partial charge in [-0.3, -0.25) is 9.29 Å². The van der Waals surface area contributed by atoms with Crippen molar-refractivity contribution in [3.8, 4) is 17.2 Å². The molecule has 0 radical (unpaired) electrons. The van der Waals surface area contributed by atoms with Gasteiger partial charge in [-0.1, -0.05) is 24.6 Å². The van der Waals surface area contributed by atoms with Gasteiger partial charge in [-0.2, -0.15) is 0 Å². The number of allylic oxidation sites excluding steroid dienone is 1. The van der Waals surface area contributed by atoms with Crippen LogP contribution >= 0.6 is 0 Å². The number of aromatic nitrogens is 4. The number of nitrogens with one attached hydrogen (secondary N) is 2. The van der Waals surface area contributed by atoms with E-state index in [1.165, 1.54) is 13.0 Å². The van der Waals surface area contributed by atoms with Crippen molar-refractivity contribution in [1.29, 1.82) is 0 Å². The summed E-state index contributed by atoms with van der Waals surface area (Å²) in [6.45, 7) is 10.3. The first-order valence-electron chi connectivity index (χ1n) is 11.2. The minimum atomic E-state index is -4.18. The smallest absolute Gasteiger partial charge is 0.243 e. The van der Waals surface area contributed by atoms with E-state index in [0.29, 0.717) is 5.82 Å². The molecule has 0 aliphatic rings. The number of halogens is 2. The maximum Gasteiger partial charge on any atom is 0.243 e. The van der Waals surface area contributed by atoms with Gasteiger partial charge in [0.25, 0.3) is 0 Å². The van der Waals surface area contributed by atoms with Gasteiger partial charge in [0.15, 0.2) is 5.82 Å². The second kappa shape index (κ2) is 11.4. The average molecular weight is 531 g/mol. The Hall–Kier alpha value is -4.00. The number of anilines is 2. The van der Waals surface area contributed by atoms with Crippen LogP contribution in [-0.2, 0) is 10.0 Å². The van der Waals surface area contributed by atoms with Gasteiger partial charge in [-0.05, 0) is 51.8 Å². The lowest BCUT2D eigenvalue weighted by Crippen LogP contribution is -2.35. The summed E-state index contributed by atoms with van der Waals surface area (Å²) in [5.41, 5.74) is 0.544. The number of aliphatic imine (C=N–C) groups is 2. The van der Waals surface area contributed by atoms with Gasteiger partial charge in [0.05, 0.1) is 5.25 Å². The lowest BCUT2D eigenvalue weighted by atomic mass is 10.1. The molecular weight excluding hydrogens is 502 g/mol. The molecule has 196 valence electrons. The summed E-state index contributed by atoms with van der Waals surface area (Å²) >= 11 is 0. The molecule has 2 N–H and O–H groups in total. The molecule has 0 bridgehead atoms. The van der Waals surface area contributed by atoms with E-state index in [1.54, 1.807) is 38.4 Å². The highest BCUT2D eigenvalue weighted by atomic mass is 32.2. The lowest BCUT2D eigenvalue weighted by Gasteiger charge is -2.21. The fourth-order valence-electron chi connectivity index (χ4n) is 3.33. The first kappa shape index (κ1) is 27.6. The van der Waals surface area contributed by atoms with E-state index in [-0.39, 0.29) is 17.4 Å². The van der Waals surface area contributed by atoms with E-state index >= 15 is 0 Å². The van der Waals surface area contributed by atoms with Crippen LogP contribution in [0.2, 0.25) is 0 Å². The molecule has 0 amide bonds. The van der Waals surface area contributed by atoms with Crippen LogP contribution in [0.5, 0.6) is 0 Å². The van der Waals surface area contributed by atoms with Crippen molar-refractivity contribution in [2.75, 3.05) is 17.1 Å². The minimum Gasteiger partial charge on any atom is -0.373 e. The summed E-state index contributed by atoms with van der Waals surface area (Å²) in [6, 6.07) is 8.19. The molecule has 0 aliphatic carbocycles. The third kappa shape index (κ3) is 6.05. The SMILES string of the molecule is C=N/C(=N\C=C(C)C)[C@@H](C)[C@H](C)S(=O)(=O)Nc1nnc(-c2cccc(NC)n2)n1-c1c(F)cccc1F. The molecule has 2 atom stereocenters. The zero-order chi connectivity index (χ0) is 27.3. The van der Waals surface area contributed by atoms with Crippen LogP contribution in [0.15, 0.2) is 58.2 Å². The van der Waals surface area contributed by atoms with E-state index in [9.17, 15) is 17.2 Å². The van der Waals surface area contributed by atoms with Gasteiger partial charge in [-0.15, -0.1) is 10.2 Å². The molecule has 3 rings (SSSR count). The molecule has 1 aromatic carbocycles. The molecule has 0 unspecified atom stereocenters. The monoisotopic (exact) mass is 530 g/mol. The molecule has 13 heteroatoms. The summed E-state index contributed by atoms with van der Waals surface area (Å²) in [7, 11) is -2.53. The highest BCUT2D eigenvalue weighted by molar-refractivity contribution is 7.93. The number of pyridine rings is 1. The molecule has 0 spiro atoms. The van der Waals surface area contributed by atoms with Gasteiger partial charge < -0.3 is 5.32 Å². The van der Waals surface area contributed by atoms with Crippen LogP contribution < -0.4 is 10.0 Å². The van der Waals surface area contributed by atoms with E-state index in [4.69, 9.17) is 0 Å². The maximum absolute atomic E-state index is 14.9. The normalized spacial score (nSPS) is 13.5. The number of benzene rings is 1. The second-order valence-corrected chi connectivity index (χ2v) is 10.4. The Morgan fingerprint density at radius 1 is 1.11 bits per heavy atom. The Morgan fingerprint density at radius 3 is 2.35 bits per heavy atom. The van der Waals surface area contributed by atoms with Crippen molar-refractivity contribution >= 4 is 34.3 Å². The first-order valence-corrected chi connectivity index (χ1v) is 12.8. The van der Waals surface area contributed by atoms with Crippen LogP contribution in [0.1, 0.15) is 27.7 Å². The average Bonchev–Trinajstić information content (AvgIpc) is 3.25. The minimum absolute atomic E-state index is 0.0712. The topological polar surface area (TPSA) is 127 Å². The second-order valence-electron chi connectivity index (χ2n) is 8.40. The number of para-hydroxylation sites is 1. The maximum atomic E-state index is 14.9. The molecule has 0 saturated carbocycles. The van der Waals surface area contributed by atoms with Gasteiger partial charge in [0.1, 0.15) is 34.7 Å². The van der Waals surface area contributed by atoms with Gasteiger partial charge in [0.2, 0.25) is 16.0 Å². The lowest BCUT2D eigenvalue weighted by molar-refractivity contribution is 0.567. The summed E-state index contributed by atoms with van der Waals surface area (Å²) in [4.78, 5) is 12.4. The van der Waals surface area contributed by atoms with E-state index in [2.05, 4.69) is 41.9 Å². The highest BCUT2D eigenvalue weighted by Crippen LogP contribution is 2.29. The van der Waals surface area contributed by atoms with Crippen molar-refractivity contribution in [3.05, 3.63) is 59.8 Å². The van der Waals surface area contributed by atoms with Crippen molar-refractivity contribution in [2.45, 2.75) is 32.9 Å². The predicted molar refractivity (Wildman–Crippen MR) is 142 cm³/mol. The van der Waals surface area contributed by atoms with Crippen LogP contribution in [0.25, 0.3) is 17.2 Å². The zero-order valence-corrected chi connectivity index (χ0v) is 21.9. The number of hydrogen-bond donors (Lipinski definition) is 2. The molecule has 10 nitrogen and oxygen atoms in total. The van der Waals surface area contributed by atoms with Crippen molar-refractivity contribution in [1.82, 2.24) is 19.7 Å². The predicted octanol–water partition coefficient (Wildman–Crippen LogP) is 4.44. The molecule has 2 aromatic heterocycles. The van der Waals surface area contributed by atoms with Crippen LogP contribution in [0.4, 0.5) is 20.5 Å². The Balaban J connectivity index is 2.12. The summed E-state index contributed by atoms with van der Waals surface area (Å²) < 4.78 is 59.8. The van der Waals surface area contributed by atoms with E-state index in [0.717, 1.165) is 22.3 Å². The molecule has 37 heavy (non-hydrogen) atoms. The summed E-state index contributed by atoms with van der Waals surface area (Å²) in [5.74, 6) is -2.37. The standard InChI is InChI=1S/C24H28F2N8O2S/c1-14(2)13-29-22(28-6)15(3)16(4)37(35,36)33-24-32-31-23(19-11-8-12-20(27-5)30-19)34(24)21-17(25)9-7-10-18(21)26/h7-13,15-16H,6H2,1-5H3,(H,27,30)(H,32,33)/b29-22-/t15-,16-/m0/s1. The zero-order valence-electron chi connectivity index (χ0n) is 21.1. The third-order valence-corrected chi connectivity index (χ3v) is 7.36. The van der Waals surface area contributed by atoms with Gasteiger partial charge >= 0.3 is 0 Å². The fraction of sp³-hybridized carbons (Fsp3) is 0.292. The van der Waals surface area contributed by atoms with E-state index < -0.39 is 44.5 Å². The molecule has 2 heterocycles. The molecule has 0 saturated heterocycles. The van der Waals surface area contributed by atoms with Crippen LogP contribution in [-0.4, -0.2) is 53.0 Å².